The number of halogens is 2. The average molecular weight is 547 g/mol. The molecular weight excluding hydrogens is 523 g/mol. The molecule has 3 N–H and O–H groups in total. The van der Waals surface area contributed by atoms with Gasteiger partial charge >= 0.3 is 12.0 Å². The summed E-state index contributed by atoms with van der Waals surface area (Å²) in [6, 6.07) is 9.33. The number of amides is 3. The number of hydrogen-bond donors (Lipinski definition) is 3. The van der Waals surface area contributed by atoms with E-state index in [4.69, 9.17) is 23.2 Å². The topological polar surface area (TPSA) is 112 Å². The van der Waals surface area contributed by atoms with E-state index in [1.165, 1.54) is 16.2 Å². The zero-order chi connectivity index (χ0) is 25.7. The Hall–Kier alpha value is -3.14. The summed E-state index contributed by atoms with van der Waals surface area (Å²) in [4.78, 5) is 44.8. The van der Waals surface area contributed by atoms with Gasteiger partial charge in [-0.1, -0.05) is 54.6 Å². The zero-order valence-electron chi connectivity index (χ0n) is 19.2. The van der Waals surface area contributed by atoms with Crippen LogP contribution in [0.5, 0.6) is 0 Å². The lowest BCUT2D eigenvalue weighted by Crippen LogP contribution is -2.44. The number of carbonyl (C=O) groups excluding carboxylic acids is 2. The third-order valence-electron chi connectivity index (χ3n) is 5.90. The number of hydrogen-bond acceptors (Lipinski definition) is 5. The van der Waals surface area contributed by atoms with Crippen molar-refractivity contribution in [3.05, 3.63) is 63.7 Å². The Bertz CT molecular complexity index is 1240. The molecule has 2 heterocycles. The molecule has 3 amide bonds. The molecule has 1 aromatic carbocycles. The highest BCUT2D eigenvalue weighted by atomic mass is 35.5. The lowest BCUT2D eigenvalue weighted by Gasteiger charge is -2.33. The highest BCUT2D eigenvalue weighted by Gasteiger charge is 2.31. The van der Waals surface area contributed by atoms with Crippen LogP contribution in [0.25, 0.3) is 10.4 Å². The average Bonchev–Trinajstić information content (AvgIpc) is 3.29. The molecule has 0 bridgehead atoms. The second kappa shape index (κ2) is 11.7. The Kier molecular flexibility index (Phi) is 8.45. The molecule has 11 heteroatoms. The highest BCUT2D eigenvalue weighted by Crippen LogP contribution is 2.37. The molecule has 1 aliphatic rings. The first kappa shape index (κ1) is 25.9. The Labute approximate surface area is 222 Å². The largest absolute Gasteiger partial charge is 0.480 e. The first-order chi connectivity index (χ1) is 17.3. The fourth-order valence-electron chi connectivity index (χ4n) is 4.21. The second-order valence-corrected chi connectivity index (χ2v) is 10.3. The predicted octanol–water partition coefficient (Wildman–Crippen LogP) is 6.62. The van der Waals surface area contributed by atoms with Crippen LogP contribution in [-0.2, 0) is 4.79 Å². The van der Waals surface area contributed by atoms with Crippen molar-refractivity contribution < 1.29 is 19.5 Å². The van der Waals surface area contributed by atoms with E-state index in [2.05, 4.69) is 15.6 Å². The number of benzene rings is 1. The van der Waals surface area contributed by atoms with Crippen molar-refractivity contribution in [3.63, 3.8) is 0 Å². The van der Waals surface area contributed by atoms with Gasteiger partial charge in [-0.25, -0.2) is 4.79 Å². The van der Waals surface area contributed by atoms with Crippen molar-refractivity contribution in [3.8, 4) is 10.4 Å². The number of aromatic nitrogens is 1. The van der Waals surface area contributed by atoms with Crippen molar-refractivity contribution in [2.45, 2.75) is 38.1 Å². The molecule has 0 saturated heterocycles. The number of aliphatic carboxylic acids is 1. The van der Waals surface area contributed by atoms with E-state index in [0.29, 0.717) is 4.88 Å². The van der Waals surface area contributed by atoms with Crippen molar-refractivity contribution >= 4 is 63.8 Å². The van der Waals surface area contributed by atoms with Gasteiger partial charge in [-0.05, 0) is 37.1 Å². The lowest BCUT2D eigenvalue weighted by molar-refractivity contribution is -0.138. The Morgan fingerprint density at radius 3 is 2.42 bits per heavy atom. The number of thiophene rings is 1. The molecule has 0 aliphatic heterocycles. The summed E-state index contributed by atoms with van der Waals surface area (Å²) in [6.45, 7) is -0.412. The number of nitrogens with zero attached hydrogens (tertiary/aromatic N) is 2. The number of nitrogens with one attached hydrogen (secondary N) is 2. The van der Waals surface area contributed by atoms with Gasteiger partial charge in [0.2, 0.25) is 0 Å². The molecule has 4 rings (SSSR count). The molecule has 188 valence electrons. The summed E-state index contributed by atoms with van der Waals surface area (Å²) in [6.07, 6.45) is 7.72. The monoisotopic (exact) mass is 546 g/mol. The van der Waals surface area contributed by atoms with Crippen LogP contribution in [0.1, 0.15) is 41.8 Å². The predicted molar refractivity (Wildman–Crippen MR) is 142 cm³/mol. The van der Waals surface area contributed by atoms with Gasteiger partial charge in [0.05, 0.1) is 21.4 Å². The maximum atomic E-state index is 13.7. The van der Waals surface area contributed by atoms with E-state index in [0.717, 1.165) is 37.7 Å². The first-order valence-electron chi connectivity index (χ1n) is 11.4. The van der Waals surface area contributed by atoms with Gasteiger partial charge in [0.25, 0.3) is 5.91 Å². The minimum atomic E-state index is -1.08. The van der Waals surface area contributed by atoms with Crippen LogP contribution in [0.3, 0.4) is 0 Å². The number of rotatable bonds is 7. The molecule has 0 atom stereocenters. The number of anilines is 2. The van der Waals surface area contributed by atoms with Crippen LogP contribution < -0.4 is 10.6 Å². The summed E-state index contributed by atoms with van der Waals surface area (Å²) in [5.74, 6) is -1.52. The maximum Gasteiger partial charge on any atom is 0.323 e. The smallest absolute Gasteiger partial charge is 0.323 e. The summed E-state index contributed by atoms with van der Waals surface area (Å²) in [7, 11) is 0. The fraction of sp³-hybridized carbons (Fsp3) is 0.280. The molecule has 1 saturated carbocycles. The quantitative estimate of drug-likeness (QED) is 0.308. The molecule has 1 aliphatic carbocycles. The van der Waals surface area contributed by atoms with Gasteiger partial charge in [-0.2, -0.15) is 0 Å². The van der Waals surface area contributed by atoms with Crippen molar-refractivity contribution in [1.29, 1.82) is 0 Å². The third-order valence-corrected chi connectivity index (χ3v) is 7.71. The Morgan fingerprint density at radius 1 is 1.06 bits per heavy atom. The normalized spacial score (nSPS) is 13.7. The molecule has 8 nitrogen and oxygen atoms in total. The van der Waals surface area contributed by atoms with Crippen LogP contribution in [-0.4, -0.2) is 45.5 Å². The van der Waals surface area contributed by atoms with E-state index in [-0.39, 0.29) is 32.3 Å². The standard InChI is InChI=1S/C25H24Cl2N4O4S/c26-17-9-4-10-18(27)22(17)30-25(35)29-19-12-20(15-6-5-11-28-13-15)36-23(19)24(34)31(14-21(32)33)16-7-2-1-3-8-16/h4-6,9-13,16H,1-3,7-8,14H2,(H,32,33)(H2,29,30,35). The molecule has 36 heavy (non-hydrogen) atoms. The van der Waals surface area contributed by atoms with Crippen LogP contribution >= 0.6 is 34.5 Å². The van der Waals surface area contributed by atoms with Crippen LogP contribution in [0.2, 0.25) is 10.0 Å². The highest BCUT2D eigenvalue weighted by molar-refractivity contribution is 7.18. The van der Waals surface area contributed by atoms with Crippen molar-refractivity contribution in [2.75, 3.05) is 17.2 Å². The Morgan fingerprint density at radius 2 is 1.78 bits per heavy atom. The van der Waals surface area contributed by atoms with Gasteiger partial charge in [-0.3, -0.25) is 14.6 Å². The van der Waals surface area contributed by atoms with Crippen LogP contribution in [0, 0.1) is 0 Å². The van der Waals surface area contributed by atoms with Gasteiger partial charge in [0, 0.05) is 28.9 Å². The van der Waals surface area contributed by atoms with E-state index in [1.807, 2.05) is 6.07 Å². The van der Waals surface area contributed by atoms with Crippen LogP contribution in [0.15, 0.2) is 48.8 Å². The molecular formula is C25H24Cl2N4O4S. The minimum Gasteiger partial charge on any atom is -0.480 e. The number of urea groups is 1. The van der Waals surface area contributed by atoms with E-state index in [1.54, 1.807) is 42.7 Å². The van der Waals surface area contributed by atoms with Gasteiger partial charge in [0.1, 0.15) is 11.4 Å². The third kappa shape index (κ3) is 6.16. The fourth-order valence-corrected chi connectivity index (χ4v) is 5.77. The number of para-hydroxylation sites is 1. The maximum absolute atomic E-state index is 13.7. The molecule has 3 aromatic rings. The van der Waals surface area contributed by atoms with Crippen molar-refractivity contribution in [1.82, 2.24) is 9.88 Å². The SMILES string of the molecule is O=C(O)CN(C(=O)c1sc(-c2cccnc2)cc1NC(=O)Nc1c(Cl)cccc1Cl)C1CCCCC1. The number of pyridine rings is 1. The summed E-state index contributed by atoms with van der Waals surface area (Å²) in [5, 5.41) is 15.4. The van der Waals surface area contributed by atoms with Crippen LogP contribution in [0.4, 0.5) is 16.2 Å². The molecule has 0 spiro atoms. The van der Waals surface area contributed by atoms with Gasteiger partial charge in [-0.15, -0.1) is 11.3 Å². The van der Waals surface area contributed by atoms with E-state index >= 15 is 0 Å². The second-order valence-electron chi connectivity index (χ2n) is 8.39. The molecule has 1 fully saturated rings. The van der Waals surface area contributed by atoms with E-state index in [9.17, 15) is 19.5 Å². The molecule has 2 aromatic heterocycles. The molecule has 0 radical (unpaired) electrons. The minimum absolute atomic E-state index is 0.171. The summed E-state index contributed by atoms with van der Waals surface area (Å²) in [5.41, 5.74) is 1.26. The summed E-state index contributed by atoms with van der Waals surface area (Å²) >= 11 is 13.5. The van der Waals surface area contributed by atoms with Gasteiger partial charge < -0.3 is 20.6 Å². The van der Waals surface area contributed by atoms with Gasteiger partial charge in [0.15, 0.2) is 0 Å². The molecule has 0 unspecified atom stereocenters. The zero-order valence-corrected chi connectivity index (χ0v) is 21.5. The number of carboxylic acids is 1. The van der Waals surface area contributed by atoms with Crippen molar-refractivity contribution in [2.24, 2.45) is 0 Å². The first-order valence-corrected chi connectivity index (χ1v) is 13.0. The number of carboxylic acid groups (broad SMARTS) is 1. The van der Waals surface area contributed by atoms with E-state index < -0.39 is 24.5 Å². The summed E-state index contributed by atoms with van der Waals surface area (Å²) < 4.78 is 0. The lowest BCUT2D eigenvalue weighted by atomic mass is 9.94. The Balaban J connectivity index is 1.67. The number of carbonyl (C=O) groups is 3.